The van der Waals surface area contributed by atoms with Gasteiger partial charge in [-0.2, -0.15) is 0 Å². The predicted molar refractivity (Wildman–Crippen MR) is 60.8 cm³/mol. The monoisotopic (exact) mass is 213 g/mol. The van der Waals surface area contributed by atoms with Gasteiger partial charge in [-0.15, -0.1) is 0 Å². The van der Waals surface area contributed by atoms with Crippen molar-refractivity contribution in [3.8, 4) is 0 Å². The van der Waals surface area contributed by atoms with Crippen LogP contribution in [-0.4, -0.2) is 59.0 Å². The first-order chi connectivity index (χ1) is 5.43. The quantitative estimate of drug-likeness (QED) is 0.301. The average Bonchev–Trinajstić information content (AvgIpc) is 2.50. The maximum absolute atomic E-state index is 4.13. The van der Waals surface area contributed by atoms with Gasteiger partial charge in [-0.05, 0) is 6.42 Å². The summed E-state index contributed by atoms with van der Waals surface area (Å²) in [6, 6.07) is 0. The van der Waals surface area contributed by atoms with Crippen LogP contribution in [0.2, 0.25) is 0 Å². The Morgan fingerprint density at radius 1 is 1.58 bits per heavy atom. The van der Waals surface area contributed by atoms with Crippen LogP contribution >= 0.6 is 21.8 Å². The normalized spacial score (nSPS) is 14.9. The van der Waals surface area contributed by atoms with E-state index in [2.05, 4.69) is 16.2 Å². The van der Waals surface area contributed by atoms with Gasteiger partial charge in [0.2, 0.25) is 0 Å². The summed E-state index contributed by atoms with van der Waals surface area (Å²) in [5.74, 6) is 1.26. The van der Waals surface area contributed by atoms with E-state index >= 15 is 0 Å². The van der Waals surface area contributed by atoms with Gasteiger partial charge in [0.15, 0.2) is 0 Å². The summed E-state index contributed by atoms with van der Waals surface area (Å²) in [4.78, 5) is 4.13. The second-order valence-electron chi connectivity index (χ2n) is 2.41. The van der Waals surface area contributed by atoms with Gasteiger partial charge < -0.3 is 0 Å². The molecule has 0 saturated heterocycles. The summed E-state index contributed by atoms with van der Waals surface area (Å²) in [5, 5.41) is 0. The third kappa shape index (κ3) is 5.75. The molecule has 1 aliphatic rings. The van der Waals surface area contributed by atoms with E-state index in [0.29, 0.717) is 0 Å². The van der Waals surface area contributed by atoms with Crippen LogP contribution in [0.25, 0.3) is 0 Å². The first-order valence-corrected chi connectivity index (χ1v) is 6.27. The smallest absolute Gasteiger partial charge is 0.0957 e. The Labute approximate surface area is 105 Å². The Morgan fingerprint density at radius 3 is 3.00 bits per heavy atom. The molecule has 1 heterocycles. The van der Waals surface area contributed by atoms with Crippen molar-refractivity contribution in [1.82, 2.24) is 4.31 Å². The Balaban J connectivity index is 0.00000121. The Kier molecular flexibility index (Phi) is 9.61. The largest absolute Gasteiger partial charge is 0.296 e. The minimum Gasteiger partial charge on any atom is -0.296 e. The molecule has 1 radical (unpaired) electrons. The molecule has 0 aromatic heterocycles. The standard InChI is InChI=1S/C7H14N2S2.Na/c1-2-3-6-10-11-9-5-4-8-7-9;/h7H,2-6H2,1H3;. The van der Waals surface area contributed by atoms with E-state index in [0.717, 1.165) is 13.1 Å². The second-order valence-corrected chi connectivity index (χ2v) is 4.83. The second kappa shape index (κ2) is 8.75. The summed E-state index contributed by atoms with van der Waals surface area (Å²) < 4.78 is 2.19. The van der Waals surface area contributed by atoms with E-state index in [-0.39, 0.29) is 29.6 Å². The number of hydrogen-bond acceptors (Lipinski definition) is 4. The van der Waals surface area contributed by atoms with Crippen LogP contribution in [0.1, 0.15) is 19.8 Å². The number of aliphatic imine (C=N–C) groups is 1. The topological polar surface area (TPSA) is 15.6 Å². The first kappa shape index (κ1) is 13.2. The zero-order valence-corrected chi connectivity index (χ0v) is 11.5. The Morgan fingerprint density at radius 2 is 2.42 bits per heavy atom. The van der Waals surface area contributed by atoms with Crippen molar-refractivity contribution in [2.24, 2.45) is 4.99 Å². The third-order valence-electron chi connectivity index (χ3n) is 1.39. The first-order valence-electron chi connectivity index (χ1n) is 3.99. The van der Waals surface area contributed by atoms with Gasteiger partial charge in [-0.1, -0.05) is 24.1 Å². The fourth-order valence-corrected chi connectivity index (χ4v) is 2.93. The van der Waals surface area contributed by atoms with E-state index in [1.165, 1.54) is 18.6 Å². The SMILES string of the molecule is CCCCSSN1C=NCC1.[Na]. The summed E-state index contributed by atoms with van der Waals surface area (Å²) in [6.07, 6.45) is 4.55. The molecule has 0 aromatic carbocycles. The summed E-state index contributed by atoms with van der Waals surface area (Å²) in [5.41, 5.74) is 0. The molecule has 0 bridgehead atoms. The molecule has 0 aliphatic carbocycles. The zero-order chi connectivity index (χ0) is 7.94. The van der Waals surface area contributed by atoms with Gasteiger partial charge >= 0.3 is 0 Å². The molecule has 5 heteroatoms. The maximum Gasteiger partial charge on any atom is 0.0957 e. The number of nitrogens with zero attached hydrogens (tertiary/aromatic N) is 2. The fourth-order valence-electron chi connectivity index (χ4n) is 0.728. The molecule has 12 heavy (non-hydrogen) atoms. The van der Waals surface area contributed by atoms with Crippen LogP contribution in [0.4, 0.5) is 0 Å². The molecule has 0 amide bonds. The summed E-state index contributed by atoms with van der Waals surface area (Å²) in [6.45, 7) is 4.29. The van der Waals surface area contributed by atoms with Crippen LogP contribution < -0.4 is 0 Å². The Hall–Kier alpha value is 1.17. The van der Waals surface area contributed by atoms with Gasteiger partial charge in [0.1, 0.15) is 0 Å². The van der Waals surface area contributed by atoms with Crippen molar-refractivity contribution in [3.63, 3.8) is 0 Å². The van der Waals surface area contributed by atoms with E-state index in [1.807, 2.05) is 28.1 Å². The van der Waals surface area contributed by atoms with E-state index in [1.54, 1.807) is 0 Å². The number of unbranched alkanes of at least 4 members (excludes halogenated alkanes) is 1. The maximum atomic E-state index is 4.13. The predicted octanol–water partition coefficient (Wildman–Crippen LogP) is 2.05. The van der Waals surface area contributed by atoms with E-state index in [4.69, 9.17) is 0 Å². The van der Waals surface area contributed by atoms with Crippen LogP contribution in [0, 0.1) is 0 Å². The Bertz CT molecular complexity index is 133. The molecule has 0 aromatic rings. The van der Waals surface area contributed by atoms with Crippen molar-refractivity contribution in [2.45, 2.75) is 19.8 Å². The minimum absolute atomic E-state index is 0. The molecule has 0 unspecified atom stereocenters. The molecule has 1 rings (SSSR count). The molecular weight excluding hydrogens is 199 g/mol. The van der Waals surface area contributed by atoms with Crippen molar-refractivity contribution < 1.29 is 0 Å². The summed E-state index contributed by atoms with van der Waals surface area (Å²) in [7, 11) is 3.75. The van der Waals surface area contributed by atoms with Gasteiger partial charge in [0.25, 0.3) is 0 Å². The average molecular weight is 213 g/mol. The van der Waals surface area contributed by atoms with Crippen LogP contribution in [-0.2, 0) is 0 Å². The molecule has 0 saturated carbocycles. The number of hydrogen-bond donors (Lipinski definition) is 0. The molecule has 0 atom stereocenters. The van der Waals surface area contributed by atoms with Crippen LogP contribution in [0.5, 0.6) is 0 Å². The van der Waals surface area contributed by atoms with Gasteiger partial charge in [0, 0.05) is 46.3 Å². The van der Waals surface area contributed by atoms with Crippen molar-refractivity contribution >= 4 is 57.7 Å². The molecular formula is C7H14N2NaS2. The molecule has 0 N–H and O–H groups in total. The van der Waals surface area contributed by atoms with Gasteiger partial charge in [-0.3, -0.25) is 9.30 Å². The van der Waals surface area contributed by atoms with Crippen molar-refractivity contribution in [3.05, 3.63) is 0 Å². The van der Waals surface area contributed by atoms with Gasteiger partial charge in [0.05, 0.1) is 19.4 Å². The number of rotatable bonds is 5. The molecule has 1 aliphatic heterocycles. The van der Waals surface area contributed by atoms with Crippen LogP contribution in [0.3, 0.4) is 0 Å². The minimum atomic E-state index is 0. The molecule has 65 valence electrons. The molecule has 2 nitrogen and oxygen atoms in total. The van der Waals surface area contributed by atoms with Gasteiger partial charge in [-0.25, -0.2) is 0 Å². The molecule has 0 spiro atoms. The van der Waals surface area contributed by atoms with Crippen molar-refractivity contribution in [2.75, 3.05) is 18.8 Å². The fraction of sp³-hybridized carbons (Fsp3) is 0.857. The van der Waals surface area contributed by atoms with Crippen molar-refractivity contribution in [1.29, 1.82) is 0 Å². The zero-order valence-electron chi connectivity index (χ0n) is 7.82. The van der Waals surface area contributed by atoms with E-state index < -0.39 is 0 Å². The third-order valence-corrected chi connectivity index (χ3v) is 3.81. The molecule has 0 fully saturated rings. The van der Waals surface area contributed by atoms with E-state index in [9.17, 15) is 0 Å². The van der Waals surface area contributed by atoms with Crippen LogP contribution in [0.15, 0.2) is 4.99 Å². The summed E-state index contributed by atoms with van der Waals surface area (Å²) >= 11 is 0.